The summed E-state index contributed by atoms with van der Waals surface area (Å²) >= 11 is 2.80. The first kappa shape index (κ1) is 24.0. The highest BCUT2D eigenvalue weighted by Crippen LogP contribution is 2.39. The molecule has 0 aliphatic carbocycles. The fourth-order valence-electron chi connectivity index (χ4n) is 2.73. The Bertz CT molecular complexity index is 1150. The van der Waals surface area contributed by atoms with Crippen molar-refractivity contribution in [2.45, 2.75) is 13.5 Å². The number of hydrogen-bond acceptors (Lipinski definition) is 9. The number of primary amides is 1. The molecule has 0 bridgehead atoms. The summed E-state index contributed by atoms with van der Waals surface area (Å²) in [6.45, 7) is 1.56. The summed E-state index contributed by atoms with van der Waals surface area (Å²) in [4.78, 5) is 41.3. The first-order valence-corrected chi connectivity index (χ1v) is 11.3. The molecule has 2 heterocycles. The molecule has 0 aliphatic rings. The molecule has 10 nitrogen and oxygen atoms in total. The Hall–Kier alpha value is -3.64. The van der Waals surface area contributed by atoms with Crippen molar-refractivity contribution < 1.29 is 28.6 Å². The summed E-state index contributed by atoms with van der Waals surface area (Å²) in [6.07, 6.45) is 0. The van der Waals surface area contributed by atoms with Gasteiger partial charge in [0.2, 0.25) is 11.7 Å². The highest BCUT2D eigenvalue weighted by Gasteiger charge is 2.19. The van der Waals surface area contributed by atoms with Gasteiger partial charge < -0.3 is 25.3 Å². The van der Waals surface area contributed by atoms with Crippen molar-refractivity contribution in [3.8, 4) is 27.8 Å². The topological polar surface area (TPSA) is 142 Å². The van der Waals surface area contributed by atoms with Crippen molar-refractivity contribution >= 4 is 45.5 Å². The molecule has 0 saturated carbocycles. The zero-order valence-corrected chi connectivity index (χ0v) is 19.7. The number of ether oxygens (including phenoxy) is 3. The number of amides is 3. The highest BCUT2D eigenvalue weighted by molar-refractivity contribution is 7.17. The number of nitrogens with zero attached hydrogens (tertiary/aromatic N) is 1. The highest BCUT2D eigenvalue weighted by atomic mass is 32.1. The van der Waals surface area contributed by atoms with Crippen LogP contribution < -0.4 is 30.6 Å². The minimum absolute atomic E-state index is 0.0932. The number of anilines is 1. The number of methoxy groups -OCH3 is 2. The Morgan fingerprint density at radius 1 is 1.12 bits per heavy atom. The Balaban J connectivity index is 1.75. The quantitative estimate of drug-likeness (QED) is 0.397. The van der Waals surface area contributed by atoms with E-state index in [9.17, 15) is 14.4 Å². The summed E-state index contributed by atoms with van der Waals surface area (Å²) in [7, 11) is 2.81. The van der Waals surface area contributed by atoms with Crippen LogP contribution in [-0.2, 0) is 16.1 Å². The average molecular weight is 491 g/mol. The molecule has 0 unspecified atom stereocenters. The molecule has 12 heteroatoms. The maximum Gasteiger partial charge on any atom is 0.257 e. The second kappa shape index (κ2) is 10.8. The molecule has 0 spiro atoms. The van der Waals surface area contributed by atoms with Gasteiger partial charge >= 0.3 is 0 Å². The van der Waals surface area contributed by atoms with Crippen LogP contribution in [0.25, 0.3) is 10.6 Å². The maximum atomic E-state index is 12.8. The Morgan fingerprint density at radius 3 is 2.42 bits per heavy atom. The number of carbonyl (C=O) groups is 3. The van der Waals surface area contributed by atoms with Crippen LogP contribution >= 0.6 is 22.7 Å². The molecule has 0 saturated heterocycles. The molecular weight excluding hydrogens is 468 g/mol. The molecule has 0 atom stereocenters. The zero-order chi connectivity index (χ0) is 24.0. The summed E-state index contributed by atoms with van der Waals surface area (Å²) in [6, 6.07) is 6.78. The summed E-state index contributed by atoms with van der Waals surface area (Å²) < 4.78 is 15.9. The fraction of sp³-hybridized carbons (Fsp3) is 0.238. The molecule has 0 aliphatic heterocycles. The van der Waals surface area contributed by atoms with Crippen molar-refractivity contribution in [1.82, 2.24) is 10.3 Å². The lowest BCUT2D eigenvalue weighted by molar-refractivity contribution is -0.120. The first-order valence-electron chi connectivity index (χ1n) is 9.58. The zero-order valence-electron chi connectivity index (χ0n) is 18.1. The molecule has 3 aromatic rings. The number of nitrogens with two attached hydrogens (primary N) is 1. The van der Waals surface area contributed by atoms with Crippen molar-refractivity contribution in [1.29, 1.82) is 0 Å². The van der Waals surface area contributed by atoms with Crippen LogP contribution in [-0.4, -0.2) is 43.5 Å². The van der Waals surface area contributed by atoms with E-state index in [0.29, 0.717) is 11.7 Å². The van der Waals surface area contributed by atoms with E-state index in [-0.39, 0.29) is 35.3 Å². The molecule has 2 aromatic heterocycles. The van der Waals surface area contributed by atoms with Gasteiger partial charge in [0.05, 0.1) is 31.3 Å². The van der Waals surface area contributed by atoms with Crippen molar-refractivity contribution in [3.05, 3.63) is 40.1 Å². The number of rotatable bonds is 10. The van der Waals surface area contributed by atoms with Crippen LogP contribution in [0.5, 0.6) is 17.2 Å². The molecule has 3 amide bonds. The van der Waals surface area contributed by atoms with E-state index in [2.05, 4.69) is 15.6 Å². The lowest BCUT2D eigenvalue weighted by Crippen LogP contribution is -2.20. The number of carbonyl (C=O) groups excluding carboxylic acids is 3. The van der Waals surface area contributed by atoms with Crippen LogP contribution in [0, 0.1) is 0 Å². The van der Waals surface area contributed by atoms with Gasteiger partial charge in [0.25, 0.3) is 11.8 Å². The molecule has 33 heavy (non-hydrogen) atoms. The smallest absolute Gasteiger partial charge is 0.257 e. The largest absolute Gasteiger partial charge is 0.493 e. The monoisotopic (exact) mass is 490 g/mol. The summed E-state index contributed by atoms with van der Waals surface area (Å²) in [5.74, 6) is -0.583. The molecule has 3 rings (SSSR count). The Labute approximate surface area is 197 Å². The molecular formula is C21H22N4O6S2. The lowest BCUT2D eigenvalue weighted by atomic mass is 10.1. The number of hydrogen-bond donors (Lipinski definition) is 3. The van der Waals surface area contributed by atoms with E-state index >= 15 is 0 Å². The third kappa shape index (κ3) is 6.20. The van der Waals surface area contributed by atoms with Gasteiger partial charge in [0.1, 0.15) is 0 Å². The van der Waals surface area contributed by atoms with Gasteiger partial charge in [-0.25, -0.2) is 4.98 Å². The van der Waals surface area contributed by atoms with Gasteiger partial charge in [-0.1, -0.05) is 0 Å². The van der Waals surface area contributed by atoms with Crippen LogP contribution in [0.2, 0.25) is 0 Å². The third-order valence-corrected chi connectivity index (χ3v) is 6.10. The number of thiophene rings is 1. The molecule has 4 N–H and O–H groups in total. The van der Waals surface area contributed by atoms with Gasteiger partial charge in [-0.15, -0.1) is 22.7 Å². The maximum absolute atomic E-state index is 12.8. The van der Waals surface area contributed by atoms with Crippen molar-refractivity contribution in [2.24, 2.45) is 5.73 Å². The second-order valence-electron chi connectivity index (χ2n) is 6.63. The second-order valence-corrected chi connectivity index (χ2v) is 8.66. The van der Waals surface area contributed by atoms with Gasteiger partial charge in [-0.05, 0) is 24.3 Å². The molecule has 0 fully saturated rings. The number of nitrogens with one attached hydrogen (secondary N) is 2. The summed E-state index contributed by atoms with van der Waals surface area (Å²) in [5.41, 5.74) is 6.10. The Kier molecular flexibility index (Phi) is 7.85. The van der Waals surface area contributed by atoms with E-state index in [1.54, 1.807) is 0 Å². The van der Waals surface area contributed by atoms with E-state index in [4.69, 9.17) is 19.9 Å². The van der Waals surface area contributed by atoms with Crippen molar-refractivity contribution in [3.63, 3.8) is 0 Å². The first-order chi connectivity index (χ1) is 15.8. The standard InChI is InChI=1S/C21H22N4O6S2/c1-11(26)23-8-13-4-5-17(33-13)14-10-32-21(24-14)25-20(28)12-6-15(29-2)19(16(7-12)30-3)31-9-18(22)27/h4-7,10H,8-9H2,1-3H3,(H2,22,27)(H,23,26)(H,24,25,28). The van der Waals surface area contributed by atoms with E-state index in [0.717, 1.165) is 15.4 Å². The lowest BCUT2D eigenvalue weighted by Gasteiger charge is -2.15. The van der Waals surface area contributed by atoms with Crippen LogP contribution in [0.4, 0.5) is 5.13 Å². The van der Waals surface area contributed by atoms with Gasteiger partial charge in [0, 0.05) is 22.7 Å². The minimum Gasteiger partial charge on any atom is -0.493 e. The number of aromatic nitrogens is 1. The fourth-order valence-corrected chi connectivity index (χ4v) is 4.42. The molecule has 1 aromatic carbocycles. The van der Waals surface area contributed by atoms with Crippen molar-refractivity contribution in [2.75, 3.05) is 26.1 Å². The van der Waals surface area contributed by atoms with Gasteiger partial charge in [-0.2, -0.15) is 0 Å². The SMILES string of the molecule is COc1cc(C(=O)Nc2nc(-c3ccc(CNC(C)=O)s3)cs2)cc(OC)c1OCC(N)=O. The average Bonchev–Trinajstić information content (AvgIpc) is 3.44. The Morgan fingerprint density at radius 2 is 1.82 bits per heavy atom. The van der Waals surface area contributed by atoms with E-state index in [1.807, 2.05) is 17.5 Å². The van der Waals surface area contributed by atoms with Gasteiger partial charge in [-0.3, -0.25) is 19.7 Å². The van der Waals surface area contributed by atoms with E-state index in [1.165, 1.54) is 55.9 Å². The van der Waals surface area contributed by atoms with Crippen LogP contribution in [0.15, 0.2) is 29.6 Å². The molecule has 174 valence electrons. The minimum atomic E-state index is -0.659. The summed E-state index contributed by atoms with van der Waals surface area (Å²) in [5, 5.41) is 7.77. The predicted molar refractivity (Wildman–Crippen MR) is 125 cm³/mol. The van der Waals surface area contributed by atoms with Crippen LogP contribution in [0.1, 0.15) is 22.2 Å². The third-order valence-electron chi connectivity index (χ3n) is 4.23. The predicted octanol–water partition coefficient (Wildman–Crippen LogP) is 2.64. The van der Waals surface area contributed by atoms with Crippen LogP contribution in [0.3, 0.4) is 0 Å². The normalized spacial score (nSPS) is 10.4. The number of thiazole rings is 1. The number of benzene rings is 1. The van der Waals surface area contributed by atoms with E-state index < -0.39 is 11.8 Å². The molecule has 0 radical (unpaired) electrons. The van der Waals surface area contributed by atoms with Gasteiger partial charge in [0.15, 0.2) is 23.2 Å².